The van der Waals surface area contributed by atoms with Crippen LogP contribution in [0.25, 0.3) is 0 Å². The van der Waals surface area contributed by atoms with Crippen molar-refractivity contribution >= 4 is 29.1 Å². The van der Waals surface area contributed by atoms with Crippen LogP contribution in [0, 0.1) is 17.4 Å². The van der Waals surface area contributed by atoms with Crippen LogP contribution in [0.1, 0.15) is 31.2 Å². The second kappa shape index (κ2) is 7.26. The normalized spacial score (nSPS) is 30.6. The third-order valence-corrected chi connectivity index (χ3v) is 6.39. The van der Waals surface area contributed by atoms with Crippen LogP contribution in [-0.4, -0.2) is 46.9 Å². The van der Waals surface area contributed by atoms with Crippen LogP contribution in [0.4, 0.5) is 0 Å². The second-order valence-electron chi connectivity index (χ2n) is 7.65. The van der Waals surface area contributed by atoms with Crippen molar-refractivity contribution in [2.45, 2.75) is 50.4 Å². The van der Waals surface area contributed by atoms with E-state index in [4.69, 9.17) is 23.2 Å². The molecule has 0 spiro atoms. The molecule has 2 bridgehead atoms. The van der Waals surface area contributed by atoms with Gasteiger partial charge < -0.3 is 10.2 Å². The van der Waals surface area contributed by atoms with Crippen molar-refractivity contribution in [3.8, 4) is 6.19 Å². The van der Waals surface area contributed by atoms with Crippen LogP contribution in [0.5, 0.6) is 0 Å². The summed E-state index contributed by atoms with van der Waals surface area (Å²) < 4.78 is 0. The fourth-order valence-electron chi connectivity index (χ4n) is 4.75. The molecule has 5 nitrogen and oxygen atoms in total. The number of nitrogens with zero attached hydrogens (tertiary/aromatic N) is 3. The van der Waals surface area contributed by atoms with Crippen LogP contribution in [0.2, 0.25) is 10.0 Å². The molecule has 3 saturated heterocycles. The number of carbonyl (C=O) groups excluding carboxylic acids is 1. The highest BCUT2D eigenvalue weighted by atomic mass is 35.5. The highest BCUT2D eigenvalue weighted by Gasteiger charge is 2.47. The Bertz CT molecular complexity index is 729. The molecular weight excluding hydrogens is 371 g/mol. The molecule has 1 unspecified atom stereocenters. The van der Waals surface area contributed by atoms with Gasteiger partial charge in [-0.25, -0.2) is 0 Å². The van der Waals surface area contributed by atoms with E-state index < -0.39 is 0 Å². The fraction of sp³-hybridized carbons (Fsp3) is 0.579. The minimum Gasteiger partial charge on any atom is -0.351 e. The minimum absolute atomic E-state index is 0.0133. The van der Waals surface area contributed by atoms with E-state index in [9.17, 15) is 10.1 Å². The van der Waals surface area contributed by atoms with E-state index in [1.54, 1.807) is 6.07 Å². The Morgan fingerprint density at radius 2 is 2.00 bits per heavy atom. The predicted octanol–water partition coefficient (Wildman–Crippen LogP) is 3.02. The van der Waals surface area contributed by atoms with E-state index in [-0.39, 0.29) is 23.9 Å². The molecule has 0 aliphatic carbocycles. The fourth-order valence-corrected chi connectivity index (χ4v) is 5.32. The third kappa shape index (κ3) is 3.51. The maximum Gasteiger partial charge on any atom is 0.224 e. The van der Waals surface area contributed by atoms with Crippen LogP contribution in [0.3, 0.4) is 0 Å². The molecule has 4 rings (SSSR count). The van der Waals surface area contributed by atoms with Crippen LogP contribution >= 0.6 is 23.2 Å². The molecule has 138 valence electrons. The van der Waals surface area contributed by atoms with Gasteiger partial charge in [0.1, 0.15) is 0 Å². The first-order valence-corrected chi connectivity index (χ1v) is 9.95. The molecule has 26 heavy (non-hydrogen) atoms. The van der Waals surface area contributed by atoms with E-state index in [1.807, 2.05) is 17.0 Å². The number of amides is 1. The van der Waals surface area contributed by atoms with Gasteiger partial charge in [-0.05, 0) is 56.0 Å². The lowest BCUT2D eigenvalue weighted by molar-refractivity contribution is -0.125. The molecular formula is C19H22Cl2N4O. The molecule has 1 aromatic rings. The van der Waals surface area contributed by atoms with Gasteiger partial charge in [0.15, 0.2) is 6.19 Å². The maximum absolute atomic E-state index is 12.7. The number of nitrogens with one attached hydrogen (secondary N) is 1. The summed E-state index contributed by atoms with van der Waals surface area (Å²) in [5.41, 5.74) is 1.07. The van der Waals surface area contributed by atoms with Crippen molar-refractivity contribution in [1.29, 1.82) is 5.26 Å². The first kappa shape index (κ1) is 17.9. The molecule has 0 aromatic heterocycles. The Balaban J connectivity index is 1.31. The zero-order chi connectivity index (χ0) is 18.3. The summed E-state index contributed by atoms with van der Waals surface area (Å²) >= 11 is 12.1. The van der Waals surface area contributed by atoms with Crippen LogP contribution in [0.15, 0.2) is 18.2 Å². The van der Waals surface area contributed by atoms with Crippen molar-refractivity contribution in [1.82, 2.24) is 15.1 Å². The van der Waals surface area contributed by atoms with Crippen molar-refractivity contribution in [2.24, 2.45) is 5.92 Å². The Labute approximate surface area is 163 Å². The van der Waals surface area contributed by atoms with Crippen LogP contribution < -0.4 is 5.32 Å². The highest BCUT2D eigenvalue weighted by molar-refractivity contribution is 6.34. The summed E-state index contributed by atoms with van der Waals surface area (Å²) in [5, 5.41) is 13.8. The first-order chi connectivity index (χ1) is 12.5. The standard InChI is InChI=1S/C19H22Cl2N4O/c20-14-5-12(6-15(21)7-14)9-24-4-3-13(10-24)19(26)23-17-8-16-1-2-18(17)25(16)11-22/h5-7,13,16-18H,1-4,8-10H2,(H,23,26)/t13?,16-,17+,18+/m0/s1. The average Bonchev–Trinajstić information content (AvgIpc) is 3.27. The van der Waals surface area contributed by atoms with Crippen molar-refractivity contribution in [2.75, 3.05) is 13.1 Å². The highest BCUT2D eigenvalue weighted by Crippen LogP contribution is 2.37. The molecule has 4 atom stereocenters. The summed E-state index contributed by atoms with van der Waals surface area (Å²) in [5.74, 6) is 0.145. The molecule has 0 saturated carbocycles. The Hall–Kier alpha value is -1.48. The summed E-state index contributed by atoms with van der Waals surface area (Å²) in [6.07, 6.45) is 6.15. The van der Waals surface area contributed by atoms with Gasteiger partial charge in [-0.2, -0.15) is 5.26 Å². The molecule has 7 heteroatoms. The maximum atomic E-state index is 12.7. The summed E-state index contributed by atoms with van der Waals surface area (Å²) in [4.78, 5) is 16.9. The molecule has 1 aromatic carbocycles. The van der Waals surface area contributed by atoms with Crippen molar-refractivity contribution in [3.63, 3.8) is 0 Å². The predicted molar refractivity (Wildman–Crippen MR) is 101 cm³/mol. The van der Waals surface area contributed by atoms with E-state index in [0.29, 0.717) is 16.1 Å². The van der Waals surface area contributed by atoms with Crippen molar-refractivity contribution in [3.05, 3.63) is 33.8 Å². The quantitative estimate of drug-likeness (QED) is 0.799. The number of benzene rings is 1. The van der Waals surface area contributed by atoms with Gasteiger partial charge >= 0.3 is 0 Å². The summed E-state index contributed by atoms with van der Waals surface area (Å²) in [6, 6.07) is 6.22. The van der Waals surface area contributed by atoms with Gasteiger partial charge in [0.05, 0.1) is 18.0 Å². The number of likely N-dealkylation sites (tertiary alicyclic amines) is 1. The third-order valence-electron chi connectivity index (χ3n) is 5.95. The van der Waals surface area contributed by atoms with E-state index >= 15 is 0 Å². The Kier molecular flexibility index (Phi) is 5.00. The molecule has 3 aliphatic heterocycles. The number of hydrogen-bond donors (Lipinski definition) is 1. The van der Waals surface area contributed by atoms with E-state index in [1.165, 1.54) is 0 Å². The molecule has 1 N–H and O–H groups in total. The number of rotatable bonds is 4. The largest absolute Gasteiger partial charge is 0.351 e. The number of hydrogen-bond acceptors (Lipinski definition) is 4. The zero-order valence-electron chi connectivity index (χ0n) is 14.5. The topological polar surface area (TPSA) is 59.4 Å². The van der Waals surface area contributed by atoms with E-state index in [0.717, 1.165) is 50.9 Å². The number of nitriles is 1. The Morgan fingerprint density at radius 1 is 1.23 bits per heavy atom. The molecule has 3 heterocycles. The van der Waals surface area contributed by atoms with Gasteiger partial charge in [0.2, 0.25) is 5.91 Å². The zero-order valence-corrected chi connectivity index (χ0v) is 16.0. The molecule has 1 amide bonds. The minimum atomic E-state index is 0.0133. The molecule has 3 aliphatic rings. The van der Waals surface area contributed by atoms with Gasteiger partial charge in [-0.15, -0.1) is 0 Å². The summed E-state index contributed by atoms with van der Waals surface area (Å²) in [7, 11) is 0. The monoisotopic (exact) mass is 392 g/mol. The Morgan fingerprint density at radius 3 is 2.69 bits per heavy atom. The smallest absolute Gasteiger partial charge is 0.224 e. The molecule has 0 radical (unpaired) electrons. The molecule has 3 fully saturated rings. The first-order valence-electron chi connectivity index (χ1n) is 9.19. The van der Waals surface area contributed by atoms with Crippen LogP contribution in [-0.2, 0) is 11.3 Å². The van der Waals surface area contributed by atoms with Gasteiger partial charge in [0.25, 0.3) is 0 Å². The number of halogens is 2. The lowest BCUT2D eigenvalue weighted by Crippen LogP contribution is -2.45. The summed E-state index contributed by atoms with van der Waals surface area (Å²) in [6.45, 7) is 2.39. The average molecular weight is 393 g/mol. The van der Waals surface area contributed by atoms with Crippen molar-refractivity contribution < 1.29 is 4.79 Å². The number of fused-ring (bicyclic) bond motifs is 2. The number of carbonyl (C=O) groups is 1. The van der Waals surface area contributed by atoms with Gasteiger partial charge in [0, 0.05) is 29.2 Å². The van der Waals surface area contributed by atoms with Gasteiger partial charge in [-0.1, -0.05) is 23.2 Å². The lowest BCUT2D eigenvalue weighted by Gasteiger charge is -2.23. The van der Waals surface area contributed by atoms with Gasteiger partial charge in [-0.3, -0.25) is 9.69 Å². The second-order valence-corrected chi connectivity index (χ2v) is 8.53. The lowest BCUT2D eigenvalue weighted by atomic mass is 9.95. The van der Waals surface area contributed by atoms with E-state index in [2.05, 4.69) is 16.4 Å². The SMILES string of the molecule is N#CN1[C@H]2CC[C@@H]1[C@H](NC(=O)C1CCN(Cc3cc(Cl)cc(Cl)c3)C1)C2.